The van der Waals surface area contributed by atoms with Crippen LogP contribution in [0, 0.1) is 0 Å². The third-order valence-corrected chi connectivity index (χ3v) is 4.40. The van der Waals surface area contributed by atoms with Gasteiger partial charge in [0.2, 0.25) is 5.91 Å². The Morgan fingerprint density at radius 3 is 2.37 bits per heavy atom. The van der Waals surface area contributed by atoms with Gasteiger partial charge in [0.05, 0.1) is 6.42 Å². The number of halogens is 2. The molecule has 7 nitrogen and oxygen atoms in total. The fourth-order valence-electron chi connectivity index (χ4n) is 3.00. The summed E-state index contributed by atoms with van der Waals surface area (Å²) in [5.41, 5.74) is 1.84. The zero-order valence-electron chi connectivity index (χ0n) is 16.0. The average molecular weight is 418 g/mol. The predicted molar refractivity (Wildman–Crippen MR) is 104 cm³/mol. The van der Waals surface area contributed by atoms with Crippen molar-refractivity contribution in [2.24, 2.45) is 0 Å². The highest BCUT2D eigenvalue weighted by atomic mass is 19.3. The molecule has 0 spiro atoms. The Bertz CT molecular complexity index is 901. The molecule has 0 bridgehead atoms. The number of hydrogen-bond acceptors (Lipinski definition) is 5. The second-order valence-corrected chi connectivity index (χ2v) is 6.60. The summed E-state index contributed by atoms with van der Waals surface area (Å²) >= 11 is 0. The van der Waals surface area contributed by atoms with E-state index in [1.807, 2.05) is 0 Å². The third-order valence-electron chi connectivity index (χ3n) is 4.40. The number of carbonyl (C=O) groups excluding carboxylic acids is 3. The first-order valence-corrected chi connectivity index (χ1v) is 9.30. The first-order chi connectivity index (χ1) is 14.4. The van der Waals surface area contributed by atoms with E-state index < -0.39 is 25.1 Å². The summed E-state index contributed by atoms with van der Waals surface area (Å²) in [6, 6.07) is 12.4. The molecule has 1 aliphatic rings. The Morgan fingerprint density at radius 1 is 1.07 bits per heavy atom. The van der Waals surface area contributed by atoms with Gasteiger partial charge in [-0.15, -0.1) is 0 Å². The minimum atomic E-state index is -2.93. The molecule has 1 saturated heterocycles. The molecule has 0 atom stereocenters. The number of rotatable bonds is 8. The van der Waals surface area contributed by atoms with E-state index >= 15 is 0 Å². The zero-order chi connectivity index (χ0) is 21.5. The molecule has 0 aromatic heterocycles. The number of benzene rings is 2. The lowest BCUT2D eigenvalue weighted by atomic mass is 10.1. The SMILES string of the molecule is O=C(COC(=O)Cc1ccc(N2CCCC2=O)cc1)Nc1ccc(OC(F)F)cc1. The number of nitrogens with zero attached hydrogens (tertiary/aromatic N) is 1. The van der Waals surface area contributed by atoms with Gasteiger partial charge in [-0.2, -0.15) is 8.78 Å². The maximum atomic E-state index is 12.1. The lowest BCUT2D eigenvalue weighted by Gasteiger charge is -2.15. The molecule has 1 heterocycles. The van der Waals surface area contributed by atoms with Crippen LogP contribution < -0.4 is 15.0 Å². The van der Waals surface area contributed by atoms with Gasteiger partial charge in [-0.25, -0.2) is 0 Å². The number of alkyl halides is 2. The monoisotopic (exact) mass is 418 g/mol. The summed E-state index contributed by atoms with van der Waals surface area (Å²) < 4.78 is 33.4. The number of amides is 2. The van der Waals surface area contributed by atoms with Crippen LogP contribution in [0.3, 0.4) is 0 Å². The minimum Gasteiger partial charge on any atom is -0.455 e. The highest BCUT2D eigenvalue weighted by Gasteiger charge is 2.21. The number of hydrogen-bond donors (Lipinski definition) is 1. The van der Waals surface area contributed by atoms with Crippen LogP contribution in [0.1, 0.15) is 18.4 Å². The first-order valence-electron chi connectivity index (χ1n) is 9.30. The molecular formula is C21H20F2N2O5. The number of carbonyl (C=O) groups is 3. The summed E-state index contributed by atoms with van der Waals surface area (Å²) in [4.78, 5) is 37.3. The van der Waals surface area contributed by atoms with E-state index in [0.717, 1.165) is 12.1 Å². The van der Waals surface area contributed by atoms with Crippen molar-refractivity contribution in [2.75, 3.05) is 23.4 Å². The molecular weight excluding hydrogens is 398 g/mol. The van der Waals surface area contributed by atoms with Crippen LogP contribution in [0.2, 0.25) is 0 Å². The van der Waals surface area contributed by atoms with Crippen LogP contribution in [-0.4, -0.2) is 37.5 Å². The van der Waals surface area contributed by atoms with Crippen molar-refractivity contribution in [3.63, 3.8) is 0 Å². The van der Waals surface area contributed by atoms with Crippen molar-refractivity contribution in [3.8, 4) is 5.75 Å². The molecule has 1 N–H and O–H groups in total. The van der Waals surface area contributed by atoms with E-state index in [1.165, 1.54) is 24.3 Å². The second kappa shape index (κ2) is 9.82. The lowest BCUT2D eigenvalue weighted by Crippen LogP contribution is -2.23. The Kier molecular flexibility index (Phi) is 6.95. The quantitative estimate of drug-likeness (QED) is 0.666. The van der Waals surface area contributed by atoms with Crippen molar-refractivity contribution in [2.45, 2.75) is 25.9 Å². The van der Waals surface area contributed by atoms with Crippen LogP contribution in [0.4, 0.5) is 20.2 Å². The molecule has 0 radical (unpaired) electrons. The standard InChI is InChI=1S/C21H20F2N2O5/c22-21(23)30-17-9-5-15(6-10-17)24-18(26)13-29-20(28)12-14-3-7-16(8-4-14)25-11-1-2-19(25)27/h3-10,21H,1-2,11-13H2,(H,24,26). The molecule has 30 heavy (non-hydrogen) atoms. The van der Waals surface area contributed by atoms with Gasteiger partial charge < -0.3 is 19.7 Å². The molecule has 2 aromatic carbocycles. The van der Waals surface area contributed by atoms with Gasteiger partial charge in [-0.3, -0.25) is 14.4 Å². The molecule has 158 valence electrons. The molecule has 1 fully saturated rings. The number of ether oxygens (including phenoxy) is 2. The van der Waals surface area contributed by atoms with Crippen LogP contribution in [0.15, 0.2) is 48.5 Å². The number of anilines is 2. The fourth-order valence-corrected chi connectivity index (χ4v) is 3.00. The molecule has 2 amide bonds. The molecule has 3 rings (SSSR count). The van der Waals surface area contributed by atoms with Gasteiger partial charge in [0, 0.05) is 24.3 Å². The van der Waals surface area contributed by atoms with Gasteiger partial charge in [0.25, 0.3) is 5.91 Å². The highest BCUT2D eigenvalue weighted by Crippen LogP contribution is 2.22. The highest BCUT2D eigenvalue weighted by molar-refractivity contribution is 5.95. The molecule has 2 aromatic rings. The van der Waals surface area contributed by atoms with E-state index in [1.54, 1.807) is 29.2 Å². The number of nitrogens with one attached hydrogen (secondary N) is 1. The first kappa shape index (κ1) is 21.2. The van der Waals surface area contributed by atoms with Gasteiger partial charge in [-0.1, -0.05) is 12.1 Å². The summed E-state index contributed by atoms with van der Waals surface area (Å²) in [5, 5.41) is 2.49. The smallest absolute Gasteiger partial charge is 0.387 e. The fraction of sp³-hybridized carbons (Fsp3) is 0.286. The summed E-state index contributed by atoms with van der Waals surface area (Å²) in [6.07, 6.45) is 1.37. The molecule has 1 aliphatic heterocycles. The van der Waals surface area contributed by atoms with Crippen molar-refractivity contribution >= 4 is 29.2 Å². The Morgan fingerprint density at radius 2 is 1.77 bits per heavy atom. The minimum absolute atomic E-state index is 0.0127. The Labute approximate surface area is 171 Å². The van der Waals surface area contributed by atoms with Crippen LogP contribution in [0.5, 0.6) is 5.75 Å². The van der Waals surface area contributed by atoms with Gasteiger partial charge in [0.15, 0.2) is 6.61 Å². The van der Waals surface area contributed by atoms with E-state index in [0.29, 0.717) is 24.2 Å². The van der Waals surface area contributed by atoms with Gasteiger partial charge >= 0.3 is 12.6 Å². The summed E-state index contributed by atoms with van der Waals surface area (Å²) in [5.74, 6) is -1.08. The third kappa shape index (κ3) is 6.00. The molecule has 0 aliphatic carbocycles. The van der Waals surface area contributed by atoms with Crippen molar-refractivity contribution < 1.29 is 32.6 Å². The molecule has 0 unspecified atom stereocenters. The Hall–Kier alpha value is -3.49. The maximum Gasteiger partial charge on any atom is 0.387 e. The summed E-state index contributed by atoms with van der Waals surface area (Å²) in [6.45, 7) is -2.71. The van der Waals surface area contributed by atoms with Crippen molar-refractivity contribution in [1.29, 1.82) is 0 Å². The largest absolute Gasteiger partial charge is 0.455 e. The van der Waals surface area contributed by atoms with Crippen LogP contribution in [-0.2, 0) is 25.5 Å². The van der Waals surface area contributed by atoms with Gasteiger partial charge in [-0.05, 0) is 48.4 Å². The molecule has 0 saturated carbocycles. The normalized spacial score (nSPS) is 13.4. The summed E-state index contributed by atoms with van der Waals surface area (Å²) in [7, 11) is 0. The second-order valence-electron chi connectivity index (χ2n) is 6.60. The van der Waals surface area contributed by atoms with Gasteiger partial charge in [0.1, 0.15) is 5.75 Å². The number of esters is 1. The van der Waals surface area contributed by atoms with Crippen LogP contribution in [0.25, 0.3) is 0 Å². The topological polar surface area (TPSA) is 84.9 Å². The van der Waals surface area contributed by atoms with E-state index in [2.05, 4.69) is 10.1 Å². The predicted octanol–water partition coefficient (Wildman–Crippen LogP) is 3.14. The average Bonchev–Trinajstić information content (AvgIpc) is 3.14. The Balaban J connectivity index is 1.42. The van der Waals surface area contributed by atoms with E-state index in [9.17, 15) is 23.2 Å². The van der Waals surface area contributed by atoms with E-state index in [4.69, 9.17) is 4.74 Å². The lowest BCUT2D eigenvalue weighted by molar-refractivity contribution is -0.146. The zero-order valence-corrected chi connectivity index (χ0v) is 16.0. The van der Waals surface area contributed by atoms with E-state index in [-0.39, 0.29) is 18.1 Å². The molecule has 9 heteroatoms. The van der Waals surface area contributed by atoms with Crippen molar-refractivity contribution in [1.82, 2.24) is 0 Å². The van der Waals surface area contributed by atoms with Crippen molar-refractivity contribution in [3.05, 3.63) is 54.1 Å². The maximum absolute atomic E-state index is 12.1. The van der Waals surface area contributed by atoms with Crippen LogP contribution >= 0.6 is 0 Å².